The highest BCUT2D eigenvalue weighted by Gasteiger charge is 2.60. The van der Waals surface area contributed by atoms with Gasteiger partial charge in [-0.3, -0.25) is 9.79 Å². The van der Waals surface area contributed by atoms with E-state index < -0.39 is 35.0 Å². The minimum Gasteiger partial charge on any atom is -0.423 e. The molecule has 1 saturated heterocycles. The summed E-state index contributed by atoms with van der Waals surface area (Å²) >= 11 is 0. The van der Waals surface area contributed by atoms with Gasteiger partial charge in [0.15, 0.2) is 5.78 Å². The topological polar surface area (TPSA) is 184 Å². The molecule has 5 unspecified atom stereocenters. The first-order chi connectivity index (χ1) is 26.5. The number of hydrogen-bond acceptors (Lipinski definition) is 14. The average molecular weight is 753 g/mol. The normalized spacial score (nSPS) is 31.1. The summed E-state index contributed by atoms with van der Waals surface area (Å²) in [5.41, 5.74) is 0.845. The van der Waals surface area contributed by atoms with Crippen molar-refractivity contribution in [2.24, 2.45) is 32.7 Å². The Kier molecular flexibility index (Phi) is 11.4. The number of rotatable bonds is 13. The molecule has 5 heterocycles. The fourth-order valence-corrected chi connectivity index (χ4v) is 9.24. The van der Waals surface area contributed by atoms with Crippen molar-refractivity contribution < 1.29 is 29.3 Å². The Labute approximate surface area is 322 Å². The van der Waals surface area contributed by atoms with E-state index in [2.05, 4.69) is 54.0 Å². The number of aliphatic hydroxyl groups is 2. The number of carbonyl (C=O) groups excluding carboxylic acids is 2. The third-order valence-corrected chi connectivity index (χ3v) is 12.5. The minimum absolute atomic E-state index is 0.0295. The van der Waals surface area contributed by atoms with Crippen molar-refractivity contribution >= 4 is 41.6 Å². The first-order valence-corrected chi connectivity index (χ1v) is 19.3. The molecule has 3 fully saturated rings. The van der Waals surface area contributed by atoms with Gasteiger partial charge in [0, 0.05) is 54.9 Å². The summed E-state index contributed by atoms with van der Waals surface area (Å²) < 4.78 is 11.3. The molecule has 5 aliphatic rings. The summed E-state index contributed by atoms with van der Waals surface area (Å²) in [5, 5.41) is 29.3. The second-order valence-electron chi connectivity index (χ2n) is 15.9. The average Bonchev–Trinajstić information content (AvgIpc) is 3.85. The number of morpholine rings is 1. The van der Waals surface area contributed by atoms with Crippen molar-refractivity contribution in [3.05, 3.63) is 71.9 Å². The number of hydrogen-bond donors (Lipinski definition) is 4. The van der Waals surface area contributed by atoms with E-state index in [1.54, 1.807) is 37.0 Å². The van der Waals surface area contributed by atoms with E-state index in [9.17, 15) is 19.8 Å². The van der Waals surface area contributed by atoms with E-state index >= 15 is 0 Å². The number of nitrogens with one attached hydrogen (secondary N) is 2. The summed E-state index contributed by atoms with van der Waals surface area (Å²) in [6.45, 7) is 13.7. The summed E-state index contributed by atoms with van der Waals surface area (Å²) in [6, 6.07) is 4.20. The third kappa shape index (κ3) is 8.04. The zero-order valence-electron chi connectivity index (χ0n) is 31.9. The molecule has 4 N–H and O–H groups in total. The van der Waals surface area contributed by atoms with Crippen LogP contribution < -0.4 is 15.5 Å². The third-order valence-electron chi connectivity index (χ3n) is 12.5. The van der Waals surface area contributed by atoms with E-state index in [-0.39, 0.29) is 36.7 Å². The lowest BCUT2D eigenvalue weighted by Crippen LogP contribution is -2.62. The Hall–Kier alpha value is -4.63. The lowest BCUT2D eigenvalue weighted by Gasteiger charge is -2.62. The van der Waals surface area contributed by atoms with Crippen LogP contribution in [-0.2, 0) is 19.1 Å². The van der Waals surface area contributed by atoms with E-state index in [0.29, 0.717) is 79.9 Å². The largest absolute Gasteiger partial charge is 0.423 e. The number of allylic oxidation sites excluding steroid dienone is 1. The molecular formula is C41H52N8O6. The van der Waals surface area contributed by atoms with Gasteiger partial charge in [-0.1, -0.05) is 32.1 Å². The number of anilines is 2. The second-order valence-corrected chi connectivity index (χ2v) is 15.9. The summed E-state index contributed by atoms with van der Waals surface area (Å²) in [6.07, 6.45) is 12.0. The van der Waals surface area contributed by atoms with Crippen LogP contribution in [0, 0.1) is 22.7 Å². The number of fused-ring (bicyclic) bond motifs is 1. The number of ketones is 1. The van der Waals surface area contributed by atoms with Crippen molar-refractivity contribution in [1.82, 2.24) is 20.3 Å². The van der Waals surface area contributed by atoms with Crippen molar-refractivity contribution in [2.45, 2.75) is 77.1 Å². The van der Waals surface area contributed by atoms with Crippen molar-refractivity contribution in [3.8, 4) is 0 Å². The Bertz CT molecular complexity index is 1880. The number of cyclic esters (lactones) is 1. The number of amidine groups is 1. The minimum atomic E-state index is -0.794. The number of carbonyl (C=O) groups is 2. The molecule has 0 bridgehead atoms. The SMILES string of the molecule is C=C1C(NC(C)C(=O)CC2=NCC=N2)CC2[C@](C)(CC[C@@H](O)[C@@]2(C)CO)C1CC(Nc1ccccn1)C1=C/C(=C\c2cnc(N3CCOCC3)nc2)OC1=O. The predicted molar refractivity (Wildman–Crippen MR) is 210 cm³/mol. The van der Waals surface area contributed by atoms with Gasteiger partial charge in [0.25, 0.3) is 0 Å². The Morgan fingerprint density at radius 2 is 1.96 bits per heavy atom. The first-order valence-electron chi connectivity index (χ1n) is 19.3. The fraction of sp³-hybridized carbons (Fsp3) is 0.537. The van der Waals surface area contributed by atoms with Gasteiger partial charge in [-0.25, -0.2) is 24.7 Å². The number of aliphatic hydroxyl groups excluding tert-OH is 2. The maximum atomic E-state index is 13.8. The second kappa shape index (κ2) is 16.2. The molecule has 292 valence electrons. The maximum Gasteiger partial charge on any atom is 0.341 e. The zero-order chi connectivity index (χ0) is 38.7. The summed E-state index contributed by atoms with van der Waals surface area (Å²) in [4.78, 5) is 51.3. The highest BCUT2D eigenvalue weighted by molar-refractivity contribution is 6.07. The molecule has 0 amide bonds. The van der Waals surface area contributed by atoms with Gasteiger partial charge >= 0.3 is 5.97 Å². The van der Waals surface area contributed by atoms with Gasteiger partial charge in [0.05, 0.1) is 56.5 Å². The van der Waals surface area contributed by atoms with Crippen molar-refractivity contribution in [1.29, 1.82) is 0 Å². The molecular weight excluding hydrogens is 701 g/mol. The molecule has 14 heteroatoms. The van der Waals surface area contributed by atoms with E-state index in [1.807, 2.05) is 32.0 Å². The lowest BCUT2D eigenvalue weighted by molar-refractivity contribution is -0.156. The van der Waals surface area contributed by atoms with Gasteiger partial charge in [-0.2, -0.15) is 0 Å². The fourth-order valence-electron chi connectivity index (χ4n) is 9.24. The van der Waals surface area contributed by atoms with Crippen LogP contribution in [0.25, 0.3) is 6.08 Å². The number of Topliss-reactive ketones (excluding diaryl/α,β-unsaturated/α-hetero) is 1. The number of aliphatic imine (C=N–C) groups is 2. The van der Waals surface area contributed by atoms with E-state index in [0.717, 1.165) is 18.7 Å². The van der Waals surface area contributed by atoms with E-state index in [4.69, 9.17) is 9.47 Å². The number of aromatic nitrogens is 3. The highest BCUT2D eigenvalue weighted by atomic mass is 16.5. The molecule has 55 heavy (non-hydrogen) atoms. The summed E-state index contributed by atoms with van der Waals surface area (Å²) in [7, 11) is 0. The molecule has 0 spiro atoms. The quantitative estimate of drug-likeness (QED) is 0.173. The van der Waals surface area contributed by atoms with Crippen molar-refractivity contribution in [3.63, 3.8) is 0 Å². The molecule has 2 aliphatic carbocycles. The van der Waals surface area contributed by atoms with Gasteiger partial charge < -0.3 is 35.2 Å². The molecule has 3 aliphatic heterocycles. The van der Waals surface area contributed by atoms with Crippen LogP contribution in [-0.4, -0.2) is 113 Å². The zero-order valence-corrected chi connectivity index (χ0v) is 31.9. The van der Waals surface area contributed by atoms with Crippen LogP contribution >= 0.6 is 0 Å². The number of ether oxygens (including phenoxy) is 2. The molecule has 8 atom stereocenters. The van der Waals surface area contributed by atoms with E-state index in [1.165, 1.54) is 0 Å². The number of nitrogens with zero attached hydrogens (tertiary/aromatic N) is 6. The number of pyridine rings is 1. The molecule has 14 nitrogen and oxygen atoms in total. The monoisotopic (exact) mass is 752 g/mol. The Balaban J connectivity index is 1.19. The van der Waals surface area contributed by atoms with Gasteiger partial charge in [0.2, 0.25) is 5.95 Å². The first kappa shape index (κ1) is 38.6. The van der Waals surface area contributed by atoms with Crippen LogP contribution in [0.15, 0.2) is 76.3 Å². The molecule has 7 rings (SSSR count). The summed E-state index contributed by atoms with van der Waals surface area (Å²) in [5.74, 6) is 1.29. The Morgan fingerprint density at radius 1 is 1.18 bits per heavy atom. The molecule has 0 aromatic carbocycles. The van der Waals surface area contributed by atoms with Crippen LogP contribution in [0.4, 0.5) is 11.8 Å². The molecule has 2 saturated carbocycles. The molecule has 0 radical (unpaired) electrons. The van der Waals surface area contributed by atoms with Crippen LogP contribution in [0.1, 0.15) is 58.4 Å². The standard InChI is InChI=1S/C41H52N8O6/c1-25-30(40(3)9-8-35(52)41(4,24-50)34(40)20-31(25)47-26(2)33(51)21-37-43-11-12-44-37)19-32(48-36-7-5-6-10-42-36)29-18-28(55-38(29)53)17-27-22-45-39(46-23-27)49-13-15-54-16-14-49/h5-7,10-11,17-18,22-23,26,30-32,34-35,47,50,52H,1,8-9,12-16,19-21,24H2,2-4H3,(H,42,48)/b28-17+/t26?,30?,31?,32?,34?,35-,40-,41+/m1/s1. The van der Waals surface area contributed by atoms with Crippen molar-refractivity contribution in [2.75, 3.05) is 49.7 Å². The van der Waals surface area contributed by atoms with Gasteiger partial charge in [-0.05, 0) is 74.1 Å². The van der Waals surface area contributed by atoms with Crippen LogP contribution in [0.5, 0.6) is 0 Å². The molecule has 2 aromatic heterocycles. The number of esters is 1. The maximum absolute atomic E-state index is 13.8. The van der Waals surface area contributed by atoms with Crippen LogP contribution in [0.3, 0.4) is 0 Å². The van der Waals surface area contributed by atoms with Gasteiger partial charge in [0.1, 0.15) is 17.4 Å². The van der Waals surface area contributed by atoms with Gasteiger partial charge in [-0.15, -0.1) is 0 Å². The smallest absolute Gasteiger partial charge is 0.341 e. The highest BCUT2D eigenvalue weighted by Crippen LogP contribution is 2.62. The predicted octanol–water partition coefficient (Wildman–Crippen LogP) is 3.54. The Morgan fingerprint density at radius 3 is 2.65 bits per heavy atom. The molecule has 2 aromatic rings. The lowest BCUT2D eigenvalue weighted by atomic mass is 9.45. The van der Waals surface area contributed by atoms with Crippen LogP contribution in [0.2, 0.25) is 0 Å².